The first-order chi connectivity index (χ1) is 19.8. The zero-order valence-electron chi connectivity index (χ0n) is 23.4. The first kappa shape index (κ1) is 26.9. The number of morpholine rings is 1. The van der Waals surface area contributed by atoms with Crippen LogP contribution in [0.25, 0.3) is 28.0 Å². The van der Waals surface area contributed by atoms with Gasteiger partial charge in [0, 0.05) is 37.1 Å². The van der Waals surface area contributed by atoms with Gasteiger partial charge in [-0.2, -0.15) is 5.10 Å². The average Bonchev–Trinajstić information content (AvgIpc) is 3.64. The molecule has 11 nitrogen and oxygen atoms in total. The number of hydrogen-bond donors (Lipinski definition) is 2. The van der Waals surface area contributed by atoms with E-state index in [4.69, 9.17) is 4.74 Å². The number of carboxylic acid groups (broad SMARTS) is 1. The van der Waals surface area contributed by atoms with Gasteiger partial charge in [-0.15, -0.1) is 5.10 Å². The number of aromatic amines is 1. The Morgan fingerprint density at radius 2 is 1.76 bits per heavy atom. The number of carbonyl (C=O) groups is 2. The van der Waals surface area contributed by atoms with Gasteiger partial charge in [0.25, 0.3) is 5.91 Å². The molecule has 0 aliphatic carbocycles. The van der Waals surface area contributed by atoms with Crippen molar-refractivity contribution in [2.24, 2.45) is 11.3 Å². The summed E-state index contributed by atoms with van der Waals surface area (Å²) in [6, 6.07) is 13.7. The third-order valence-electron chi connectivity index (χ3n) is 8.57. The molecule has 41 heavy (non-hydrogen) atoms. The van der Waals surface area contributed by atoms with Crippen LogP contribution in [0.3, 0.4) is 0 Å². The number of amides is 2. The maximum absolute atomic E-state index is 12.8. The standard InChI is InChI=1S/C30H35N7O4/c1-30(2,22-9-11-36(12-10-22)29(39)40)18-20-3-8-25-24(17-20)27(33-31-25)26-19-37(34-32-26)23-6-4-21(5-7-23)28(38)35-13-15-41-16-14-35/h3-8,17,19,22H,9-16,18H2,1-2H3,(H,31,33)(H,39,40). The van der Waals surface area contributed by atoms with Crippen LogP contribution in [0.4, 0.5) is 4.79 Å². The molecule has 0 spiro atoms. The minimum absolute atomic E-state index is 0.00632. The van der Waals surface area contributed by atoms with Crippen molar-refractivity contribution in [1.29, 1.82) is 0 Å². The molecule has 2 amide bonds. The second-order valence-electron chi connectivity index (χ2n) is 11.7. The van der Waals surface area contributed by atoms with Gasteiger partial charge in [-0.1, -0.05) is 25.1 Å². The summed E-state index contributed by atoms with van der Waals surface area (Å²) in [4.78, 5) is 27.4. The third-order valence-corrected chi connectivity index (χ3v) is 8.57. The Hall–Kier alpha value is -4.25. The van der Waals surface area contributed by atoms with Crippen molar-refractivity contribution >= 4 is 22.9 Å². The molecule has 2 aromatic heterocycles. The molecule has 0 radical (unpaired) electrons. The zero-order valence-corrected chi connectivity index (χ0v) is 23.4. The fourth-order valence-corrected chi connectivity index (χ4v) is 6.09. The Labute approximate surface area is 238 Å². The molecule has 0 unspecified atom stereocenters. The Kier molecular flexibility index (Phi) is 7.21. The number of piperidine rings is 1. The number of likely N-dealkylation sites (tertiary alicyclic amines) is 1. The Bertz CT molecular complexity index is 1540. The van der Waals surface area contributed by atoms with Crippen LogP contribution in [0.2, 0.25) is 0 Å². The molecular weight excluding hydrogens is 522 g/mol. The van der Waals surface area contributed by atoms with Gasteiger partial charge in [0.2, 0.25) is 0 Å². The summed E-state index contributed by atoms with van der Waals surface area (Å²) < 4.78 is 7.04. The van der Waals surface area contributed by atoms with Crippen molar-refractivity contribution in [1.82, 2.24) is 35.0 Å². The van der Waals surface area contributed by atoms with Gasteiger partial charge in [0.15, 0.2) is 0 Å². The van der Waals surface area contributed by atoms with E-state index in [1.807, 2.05) is 35.4 Å². The van der Waals surface area contributed by atoms with Crippen molar-refractivity contribution in [2.75, 3.05) is 39.4 Å². The van der Waals surface area contributed by atoms with E-state index in [0.29, 0.717) is 56.6 Å². The number of aromatic nitrogens is 5. The molecule has 2 aliphatic heterocycles. The highest BCUT2D eigenvalue weighted by Gasteiger charge is 2.34. The minimum atomic E-state index is -0.827. The smallest absolute Gasteiger partial charge is 0.407 e. The van der Waals surface area contributed by atoms with E-state index in [1.54, 1.807) is 4.68 Å². The molecule has 2 aliphatic rings. The predicted octanol–water partition coefficient (Wildman–Crippen LogP) is 4.24. The quantitative estimate of drug-likeness (QED) is 0.363. The lowest BCUT2D eigenvalue weighted by Crippen LogP contribution is -2.41. The van der Waals surface area contributed by atoms with Crippen LogP contribution < -0.4 is 0 Å². The summed E-state index contributed by atoms with van der Waals surface area (Å²) in [5.41, 5.74) is 4.99. The molecule has 2 saturated heterocycles. The number of nitrogens with one attached hydrogen (secondary N) is 1. The fraction of sp³-hybridized carbons (Fsp3) is 0.433. The van der Waals surface area contributed by atoms with Crippen LogP contribution in [0.1, 0.15) is 42.6 Å². The van der Waals surface area contributed by atoms with Crippen LogP contribution in [0.15, 0.2) is 48.7 Å². The third kappa shape index (κ3) is 5.54. The lowest BCUT2D eigenvalue weighted by atomic mass is 9.70. The van der Waals surface area contributed by atoms with Crippen LogP contribution in [0, 0.1) is 11.3 Å². The highest BCUT2D eigenvalue weighted by atomic mass is 16.5. The molecule has 214 valence electrons. The number of benzene rings is 2. The monoisotopic (exact) mass is 557 g/mol. The maximum Gasteiger partial charge on any atom is 0.407 e. The molecule has 4 heterocycles. The second-order valence-corrected chi connectivity index (χ2v) is 11.7. The molecule has 2 aromatic carbocycles. The average molecular weight is 558 g/mol. The van der Waals surface area contributed by atoms with Crippen molar-refractivity contribution < 1.29 is 19.4 Å². The van der Waals surface area contributed by atoms with Crippen LogP contribution in [0.5, 0.6) is 0 Å². The number of rotatable bonds is 6. The minimum Gasteiger partial charge on any atom is -0.465 e. The Morgan fingerprint density at radius 3 is 2.46 bits per heavy atom. The summed E-state index contributed by atoms with van der Waals surface area (Å²) in [6.45, 7) is 8.10. The fourth-order valence-electron chi connectivity index (χ4n) is 6.09. The van der Waals surface area contributed by atoms with Crippen LogP contribution in [-0.4, -0.2) is 91.5 Å². The van der Waals surface area contributed by atoms with Crippen LogP contribution in [-0.2, 0) is 11.2 Å². The van der Waals surface area contributed by atoms with E-state index in [1.165, 1.54) is 10.5 Å². The number of fused-ring (bicyclic) bond motifs is 1. The molecule has 0 saturated carbocycles. The van der Waals surface area contributed by atoms with Crippen molar-refractivity contribution in [2.45, 2.75) is 33.1 Å². The largest absolute Gasteiger partial charge is 0.465 e. The van der Waals surface area contributed by atoms with Crippen molar-refractivity contribution in [3.05, 3.63) is 59.8 Å². The molecule has 4 aromatic rings. The van der Waals surface area contributed by atoms with Gasteiger partial charge < -0.3 is 19.6 Å². The molecule has 6 rings (SSSR count). The Balaban J connectivity index is 1.18. The summed E-state index contributed by atoms with van der Waals surface area (Å²) in [5.74, 6) is 0.458. The number of nitrogens with zero attached hydrogens (tertiary/aromatic N) is 6. The normalized spacial score (nSPS) is 16.8. The zero-order chi connectivity index (χ0) is 28.6. The van der Waals surface area contributed by atoms with Gasteiger partial charge in [-0.25, -0.2) is 9.48 Å². The lowest BCUT2D eigenvalue weighted by molar-refractivity contribution is 0.0303. The summed E-state index contributed by atoms with van der Waals surface area (Å²) in [5, 5.41) is 26.7. The molecular formula is C30H35N7O4. The summed E-state index contributed by atoms with van der Waals surface area (Å²) >= 11 is 0. The predicted molar refractivity (Wildman–Crippen MR) is 153 cm³/mol. The highest BCUT2D eigenvalue weighted by Crippen LogP contribution is 2.38. The van der Waals surface area contributed by atoms with Crippen molar-refractivity contribution in [3.63, 3.8) is 0 Å². The first-order valence-electron chi connectivity index (χ1n) is 14.1. The molecule has 0 bridgehead atoms. The Morgan fingerprint density at radius 1 is 1.02 bits per heavy atom. The first-order valence-corrected chi connectivity index (χ1v) is 14.1. The maximum atomic E-state index is 12.8. The lowest BCUT2D eigenvalue weighted by Gasteiger charge is -2.40. The van der Waals surface area contributed by atoms with E-state index >= 15 is 0 Å². The highest BCUT2D eigenvalue weighted by molar-refractivity contribution is 5.94. The van der Waals surface area contributed by atoms with Gasteiger partial charge in [-0.05, 0) is 72.6 Å². The van der Waals surface area contributed by atoms with Crippen LogP contribution >= 0.6 is 0 Å². The van der Waals surface area contributed by atoms with E-state index in [0.717, 1.165) is 41.5 Å². The molecule has 0 atom stereocenters. The SMILES string of the molecule is CC(C)(Cc1ccc2[nH]nc(-c3cn(-c4ccc(C(=O)N5CCOCC5)cc4)nn3)c2c1)C1CCN(C(=O)O)CC1. The van der Waals surface area contributed by atoms with Gasteiger partial charge in [0.1, 0.15) is 11.4 Å². The molecule has 2 fully saturated rings. The van der Waals surface area contributed by atoms with E-state index < -0.39 is 6.09 Å². The second kappa shape index (κ2) is 11.0. The van der Waals surface area contributed by atoms with Crippen molar-refractivity contribution in [3.8, 4) is 17.1 Å². The number of H-pyrrole nitrogens is 1. The number of hydrogen-bond acceptors (Lipinski definition) is 6. The van der Waals surface area contributed by atoms with Gasteiger partial charge >= 0.3 is 6.09 Å². The molecule has 11 heteroatoms. The number of carbonyl (C=O) groups excluding carboxylic acids is 1. The van der Waals surface area contributed by atoms with Gasteiger partial charge in [0.05, 0.1) is 30.6 Å². The summed E-state index contributed by atoms with van der Waals surface area (Å²) in [7, 11) is 0. The van der Waals surface area contributed by atoms with E-state index in [2.05, 4.69) is 52.6 Å². The molecule has 2 N–H and O–H groups in total. The van der Waals surface area contributed by atoms with E-state index in [-0.39, 0.29) is 11.3 Å². The van der Waals surface area contributed by atoms with Gasteiger partial charge in [-0.3, -0.25) is 9.89 Å². The number of ether oxygens (including phenoxy) is 1. The van der Waals surface area contributed by atoms with E-state index in [9.17, 15) is 14.7 Å². The topological polar surface area (TPSA) is 129 Å². The summed E-state index contributed by atoms with van der Waals surface area (Å²) in [6.07, 6.45) is 3.66.